The molecule has 2 aliphatic carbocycles. The van der Waals surface area contributed by atoms with Gasteiger partial charge in [-0.15, -0.1) is 0 Å². The number of carboxylic acids is 1. The molecule has 1 N–H and O–H groups in total. The minimum Gasteiger partial charge on any atom is -0.481 e. The Bertz CT molecular complexity index is 317. The van der Waals surface area contributed by atoms with Crippen LogP contribution < -0.4 is 0 Å². The Hall–Kier alpha value is -0.830. The highest BCUT2D eigenvalue weighted by atomic mass is 16.5. The summed E-state index contributed by atoms with van der Waals surface area (Å²) in [6.45, 7) is 1.77. The number of hydrogen-bond acceptors (Lipinski definition) is 2. The van der Waals surface area contributed by atoms with E-state index < -0.39 is 5.97 Å². The van der Waals surface area contributed by atoms with Gasteiger partial charge in [0, 0.05) is 12.3 Å². The van der Waals surface area contributed by atoms with Crippen LogP contribution in [0.5, 0.6) is 0 Å². The van der Waals surface area contributed by atoms with Gasteiger partial charge in [0.2, 0.25) is 0 Å². The van der Waals surface area contributed by atoms with E-state index in [9.17, 15) is 4.79 Å². The summed E-state index contributed by atoms with van der Waals surface area (Å²) in [7, 11) is 0. The summed E-state index contributed by atoms with van der Waals surface area (Å²) in [6.07, 6.45) is 5.03. The molecule has 82 valence electrons. The predicted octanol–water partition coefficient (Wildman–Crippen LogP) is 1.69. The highest BCUT2D eigenvalue weighted by Crippen LogP contribution is 2.53. The Labute approximate surface area is 89.1 Å². The molecule has 0 radical (unpaired) electrons. The van der Waals surface area contributed by atoms with E-state index in [4.69, 9.17) is 9.84 Å². The number of carboxylic acid groups (broad SMARTS) is 1. The molecule has 0 amide bonds. The fourth-order valence-electron chi connectivity index (χ4n) is 3.20. The molecule has 15 heavy (non-hydrogen) atoms. The van der Waals surface area contributed by atoms with Crippen LogP contribution in [0.3, 0.4) is 0 Å². The second kappa shape index (κ2) is 3.34. The van der Waals surface area contributed by atoms with Crippen molar-refractivity contribution in [3.05, 3.63) is 11.6 Å². The number of aliphatic carboxylic acids is 1. The van der Waals surface area contributed by atoms with Crippen LogP contribution in [0.25, 0.3) is 0 Å². The number of fused-ring (bicyclic) bond motifs is 1. The average Bonchev–Trinajstić information content (AvgIpc) is 2.37. The van der Waals surface area contributed by atoms with Gasteiger partial charge >= 0.3 is 5.97 Å². The molecule has 2 fully saturated rings. The van der Waals surface area contributed by atoms with Crippen molar-refractivity contribution in [2.75, 3.05) is 13.2 Å². The molecule has 3 aliphatic rings. The van der Waals surface area contributed by atoms with Gasteiger partial charge in [0.25, 0.3) is 0 Å². The number of carbonyl (C=O) groups is 1. The molecule has 3 nitrogen and oxygen atoms in total. The Balaban J connectivity index is 1.63. The third-order valence-corrected chi connectivity index (χ3v) is 4.20. The zero-order valence-electron chi connectivity index (χ0n) is 8.69. The summed E-state index contributed by atoms with van der Waals surface area (Å²) in [5.74, 6) is 1.74. The van der Waals surface area contributed by atoms with Crippen LogP contribution in [0.15, 0.2) is 11.6 Å². The number of allylic oxidation sites excluding steroid dienone is 1. The molecule has 2 unspecified atom stereocenters. The molecule has 1 saturated carbocycles. The Kier molecular flexibility index (Phi) is 2.09. The molecule has 3 atom stereocenters. The van der Waals surface area contributed by atoms with Crippen LogP contribution in [0, 0.1) is 23.7 Å². The quantitative estimate of drug-likeness (QED) is 0.718. The number of rotatable bonds is 3. The molecule has 1 heterocycles. The summed E-state index contributed by atoms with van der Waals surface area (Å²) < 4.78 is 5.19. The molecule has 1 saturated heterocycles. The zero-order chi connectivity index (χ0) is 10.4. The van der Waals surface area contributed by atoms with Gasteiger partial charge in [-0.25, -0.2) is 0 Å². The fraction of sp³-hybridized carbons (Fsp3) is 0.750. The van der Waals surface area contributed by atoms with Gasteiger partial charge in [-0.1, -0.05) is 11.6 Å². The topological polar surface area (TPSA) is 46.5 Å². The standard InChI is InChI=1S/C12H16O3/c13-12(14)4-9-2-8-1-7(3-11(8)9)10-5-15-6-10/h3,8-11H,1-2,4-6H2,(H,13,14)/t8?,9?,11-/m1/s1. The maximum atomic E-state index is 10.6. The molecule has 0 aromatic rings. The first-order chi connectivity index (χ1) is 7.24. The third kappa shape index (κ3) is 1.49. The van der Waals surface area contributed by atoms with E-state index in [2.05, 4.69) is 6.08 Å². The van der Waals surface area contributed by atoms with E-state index in [1.807, 2.05) is 0 Å². The molecular weight excluding hydrogens is 192 g/mol. The molecular formula is C12H16O3. The highest BCUT2D eigenvalue weighted by Gasteiger charge is 2.45. The van der Waals surface area contributed by atoms with E-state index >= 15 is 0 Å². The van der Waals surface area contributed by atoms with Crippen LogP contribution in [0.2, 0.25) is 0 Å². The van der Waals surface area contributed by atoms with Gasteiger partial charge in [-0.2, -0.15) is 0 Å². The largest absolute Gasteiger partial charge is 0.481 e. The lowest BCUT2D eigenvalue weighted by molar-refractivity contribution is -0.139. The maximum absolute atomic E-state index is 10.6. The van der Waals surface area contributed by atoms with Crippen LogP contribution >= 0.6 is 0 Å². The van der Waals surface area contributed by atoms with Gasteiger partial charge in [-0.3, -0.25) is 4.79 Å². The van der Waals surface area contributed by atoms with Crippen molar-refractivity contribution in [3.8, 4) is 0 Å². The van der Waals surface area contributed by atoms with E-state index in [0.717, 1.165) is 25.6 Å². The molecule has 0 spiro atoms. The zero-order valence-corrected chi connectivity index (χ0v) is 8.69. The lowest BCUT2D eigenvalue weighted by atomic mass is 9.65. The second-order valence-electron chi connectivity index (χ2n) is 5.11. The van der Waals surface area contributed by atoms with Crippen molar-refractivity contribution < 1.29 is 14.6 Å². The summed E-state index contributed by atoms with van der Waals surface area (Å²) >= 11 is 0. The van der Waals surface area contributed by atoms with Crippen LogP contribution in [0.1, 0.15) is 19.3 Å². The Morgan fingerprint density at radius 2 is 2.33 bits per heavy atom. The van der Waals surface area contributed by atoms with E-state index in [-0.39, 0.29) is 0 Å². The number of ether oxygens (including phenoxy) is 1. The van der Waals surface area contributed by atoms with Crippen LogP contribution in [-0.4, -0.2) is 24.3 Å². The van der Waals surface area contributed by atoms with Gasteiger partial charge in [0.15, 0.2) is 0 Å². The minimum atomic E-state index is -0.646. The summed E-state index contributed by atoms with van der Waals surface area (Å²) in [4.78, 5) is 10.6. The predicted molar refractivity (Wildman–Crippen MR) is 54.3 cm³/mol. The normalized spacial score (nSPS) is 38.9. The van der Waals surface area contributed by atoms with Crippen molar-refractivity contribution in [2.24, 2.45) is 23.7 Å². The lowest BCUT2D eigenvalue weighted by Crippen LogP contribution is -2.34. The average molecular weight is 208 g/mol. The summed E-state index contributed by atoms with van der Waals surface area (Å²) in [6, 6.07) is 0. The van der Waals surface area contributed by atoms with Gasteiger partial charge < -0.3 is 9.84 Å². The van der Waals surface area contributed by atoms with Crippen molar-refractivity contribution >= 4 is 5.97 Å². The first-order valence-electron chi connectivity index (χ1n) is 5.74. The Morgan fingerprint density at radius 3 is 2.93 bits per heavy atom. The first-order valence-corrected chi connectivity index (χ1v) is 5.74. The molecule has 1 aliphatic heterocycles. The summed E-state index contributed by atoms with van der Waals surface area (Å²) in [5.41, 5.74) is 1.55. The molecule has 0 aromatic heterocycles. The molecule has 3 heteroatoms. The third-order valence-electron chi connectivity index (χ3n) is 4.20. The van der Waals surface area contributed by atoms with Crippen molar-refractivity contribution in [1.29, 1.82) is 0 Å². The van der Waals surface area contributed by atoms with Crippen molar-refractivity contribution in [1.82, 2.24) is 0 Å². The molecule has 3 rings (SSSR count). The van der Waals surface area contributed by atoms with Crippen molar-refractivity contribution in [3.63, 3.8) is 0 Å². The van der Waals surface area contributed by atoms with Crippen molar-refractivity contribution in [2.45, 2.75) is 19.3 Å². The SMILES string of the molecule is O=C(O)CC1CC2CC(C3COC3)=C[C@@H]12. The van der Waals surface area contributed by atoms with Crippen LogP contribution in [-0.2, 0) is 9.53 Å². The van der Waals surface area contributed by atoms with E-state index in [1.54, 1.807) is 5.57 Å². The first kappa shape index (κ1) is 9.40. The smallest absolute Gasteiger partial charge is 0.303 e. The second-order valence-corrected chi connectivity index (χ2v) is 5.11. The minimum absolute atomic E-state index is 0.353. The van der Waals surface area contributed by atoms with Gasteiger partial charge in [0.1, 0.15) is 0 Å². The molecule has 0 aromatic carbocycles. The van der Waals surface area contributed by atoms with Gasteiger partial charge in [-0.05, 0) is 30.6 Å². The maximum Gasteiger partial charge on any atom is 0.303 e. The fourth-order valence-corrected chi connectivity index (χ4v) is 3.20. The Morgan fingerprint density at radius 1 is 1.53 bits per heavy atom. The molecule has 0 bridgehead atoms. The monoisotopic (exact) mass is 208 g/mol. The van der Waals surface area contributed by atoms with E-state index in [0.29, 0.717) is 24.2 Å². The van der Waals surface area contributed by atoms with E-state index in [1.165, 1.54) is 6.42 Å². The highest BCUT2D eigenvalue weighted by molar-refractivity contribution is 5.67. The number of hydrogen-bond donors (Lipinski definition) is 1. The lowest BCUT2D eigenvalue weighted by Gasteiger charge is -2.39. The van der Waals surface area contributed by atoms with Gasteiger partial charge in [0.05, 0.1) is 13.2 Å². The summed E-state index contributed by atoms with van der Waals surface area (Å²) in [5, 5.41) is 8.76. The van der Waals surface area contributed by atoms with Crippen LogP contribution in [0.4, 0.5) is 0 Å².